The maximum absolute atomic E-state index is 12.1. The molecule has 0 aromatic rings. The number of aliphatic hydroxyl groups is 1. The number of carboxylic acids is 2. The normalized spacial score (nSPS) is 19.4. The van der Waals surface area contributed by atoms with Gasteiger partial charge in [-0.3, -0.25) is 19.2 Å². The van der Waals surface area contributed by atoms with E-state index in [9.17, 15) is 29.1 Å². The van der Waals surface area contributed by atoms with E-state index in [-0.39, 0.29) is 5.91 Å². The highest BCUT2D eigenvalue weighted by Gasteiger charge is 2.31. The minimum absolute atomic E-state index is 0.387. The third-order valence-electron chi connectivity index (χ3n) is 3.88. The molecule has 0 aromatic heterocycles. The van der Waals surface area contributed by atoms with Crippen molar-refractivity contribution in [1.82, 2.24) is 21.3 Å². The molecule has 0 saturated carbocycles. The SMILES string of the molecule is CC(O)C(NC(=O)C(CC(=O)O)NC(=O)CNC(=O)C1CCCN1)C(=O)O. The summed E-state index contributed by atoms with van der Waals surface area (Å²) < 4.78 is 0. The molecule has 3 amide bonds. The number of aliphatic hydroxyl groups excluding tert-OH is 1. The number of carbonyl (C=O) groups excluding carboxylic acids is 3. The smallest absolute Gasteiger partial charge is 0.328 e. The van der Waals surface area contributed by atoms with Crippen molar-refractivity contribution in [3.63, 3.8) is 0 Å². The summed E-state index contributed by atoms with van der Waals surface area (Å²) in [5.74, 6) is -5.20. The second-order valence-corrected chi connectivity index (χ2v) is 6.15. The lowest BCUT2D eigenvalue weighted by Crippen LogP contribution is -2.56. The Kier molecular flexibility index (Phi) is 8.62. The first-order chi connectivity index (χ1) is 12.6. The van der Waals surface area contributed by atoms with Gasteiger partial charge in [0.05, 0.1) is 25.1 Å². The van der Waals surface area contributed by atoms with Gasteiger partial charge >= 0.3 is 11.9 Å². The van der Waals surface area contributed by atoms with Gasteiger partial charge in [-0.25, -0.2) is 4.79 Å². The average molecular weight is 388 g/mol. The zero-order chi connectivity index (χ0) is 20.6. The number of carboxylic acid groups (broad SMARTS) is 2. The molecular formula is C15H24N4O8. The minimum atomic E-state index is -1.67. The van der Waals surface area contributed by atoms with Gasteiger partial charge in [0.2, 0.25) is 17.7 Å². The molecule has 1 aliphatic heterocycles. The van der Waals surface area contributed by atoms with Gasteiger partial charge in [0, 0.05) is 0 Å². The summed E-state index contributed by atoms with van der Waals surface area (Å²) in [5.41, 5.74) is 0. The Bertz CT molecular complexity index is 588. The molecule has 1 fully saturated rings. The van der Waals surface area contributed by atoms with E-state index in [1.165, 1.54) is 0 Å². The molecule has 7 N–H and O–H groups in total. The van der Waals surface area contributed by atoms with E-state index in [4.69, 9.17) is 10.2 Å². The fraction of sp³-hybridized carbons (Fsp3) is 0.667. The van der Waals surface area contributed by atoms with Gasteiger partial charge in [0.25, 0.3) is 0 Å². The van der Waals surface area contributed by atoms with Crippen LogP contribution in [-0.2, 0) is 24.0 Å². The Morgan fingerprint density at radius 1 is 1.15 bits per heavy atom. The quantitative estimate of drug-likeness (QED) is 0.201. The summed E-state index contributed by atoms with van der Waals surface area (Å²) in [5, 5.41) is 36.6. The van der Waals surface area contributed by atoms with Crippen LogP contribution in [0.1, 0.15) is 26.2 Å². The summed E-state index contributed by atoms with van der Waals surface area (Å²) in [7, 11) is 0. The number of rotatable bonds is 10. The van der Waals surface area contributed by atoms with E-state index < -0.39 is 60.9 Å². The number of carbonyl (C=O) groups is 5. The second kappa shape index (κ2) is 10.4. The van der Waals surface area contributed by atoms with Crippen LogP contribution in [0, 0.1) is 0 Å². The van der Waals surface area contributed by atoms with Crippen molar-refractivity contribution in [1.29, 1.82) is 0 Å². The van der Waals surface area contributed by atoms with E-state index in [2.05, 4.69) is 16.0 Å². The van der Waals surface area contributed by atoms with E-state index in [1.54, 1.807) is 0 Å². The summed E-state index contributed by atoms with van der Waals surface area (Å²) in [6, 6.07) is -3.64. The predicted octanol–water partition coefficient (Wildman–Crippen LogP) is -3.24. The van der Waals surface area contributed by atoms with Crippen LogP contribution in [0.25, 0.3) is 0 Å². The van der Waals surface area contributed by atoms with Crippen LogP contribution in [0.15, 0.2) is 0 Å². The molecule has 12 heteroatoms. The topological polar surface area (TPSA) is 194 Å². The van der Waals surface area contributed by atoms with Gasteiger partial charge < -0.3 is 36.6 Å². The van der Waals surface area contributed by atoms with Crippen LogP contribution in [0.2, 0.25) is 0 Å². The number of amides is 3. The molecule has 0 radical (unpaired) electrons. The van der Waals surface area contributed by atoms with Gasteiger partial charge in [-0.05, 0) is 26.3 Å². The molecule has 12 nitrogen and oxygen atoms in total. The van der Waals surface area contributed by atoms with Gasteiger partial charge in [-0.1, -0.05) is 0 Å². The van der Waals surface area contributed by atoms with Crippen molar-refractivity contribution in [2.45, 2.75) is 50.4 Å². The van der Waals surface area contributed by atoms with Crippen molar-refractivity contribution >= 4 is 29.7 Å². The molecule has 0 spiro atoms. The van der Waals surface area contributed by atoms with Crippen molar-refractivity contribution in [3.8, 4) is 0 Å². The summed E-state index contributed by atoms with van der Waals surface area (Å²) >= 11 is 0. The predicted molar refractivity (Wildman–Crippen MR) is 89.5 cm³/mol. The average Bonchev–Trinajstić information content (AvgIpc) is 3.10. The van der Waals surface area contributed by atoms with Crippen molar-refractivity contribution in [2.24, 2.45) is 0 Å². The summed E-state index contributed by atoms with van der Waals surface area (Å²) in [4.78, 5) is 57.8. The maximum atomic E-state index is 12.1. The summed E-state index contributed by atoms with van der Waals surface area (Å²) in [6.45, 7) is 1.36. The van der Waals surface area contributed by atoms with Crippen LogP contribution in [0.5, 0.6) is 0 Å². The molecule has 1 saturated heterocycles. The molecule has 152 valence electrons. The van der Waals surface area contributed by atoms with Gasteiger partial charge in [0.15, 0.2) is 6.04 Å². The van der Waals surface area contributed by atoms with E-state index in [0.29, 0.717) is 13.0 Å². The Hall–Kier alpha value is -2.73. The third kappa shape index (κ3) is 7.58. The molecule has 1 rings (SSSR count). The molecule has 1 heterocycles. The van der Waals surface area contributed by atoms with Crippen LogP contribution < -0.4 is 21.3 Å². The lowest BCUT2D eigenvalue weighted by atomic mass is 10.1. The standard InChI is InChI=1S/C15H24N4O8/c1-7(20)12(15(26)27)19-14(25)9(5-11(22)23)18-10(21)6-17-13(24)8-3-2-4-16-8/h7-9,12,16,20H,2-6H2,1H3,(H,17,24)(H,18,21)(H,19,25)(H,22,23)(H,26,27). The first-order valence-electron chi connectivity index (χ1n) is 8.35. The van der Waals surface area contributed by atoms with Gasteiger partial charge in [0.1, 0.15) is 6.04 Å². The number of hydrogen-bond donors (Lipinski definition) is 7. The monoisotopic (exact) mass is 388 g/mol. The minimum Gasteiger partial charge on any atom is -0.481 e. The highest BCUT2D eigenvalue weighted by atomic mass is 16.4. The number of hydrogen-bond acceptors (Lipinski definition) is 7. The van der Waals surface area contributed by atoms with E-state index in [1.807, 2.05) is 5.32 Å². The fourth-order valence-electron chi connectivity index (χ4n) is 2.47. The van der Waals surface area contributed by atoms with Crippen molar-refractivity contribution < 1.29 is 39.3 Å². The number of aliphatic carboxylic acids is 2. The van der Waals surface area contributed by atoms with E-state index >= 15 is 0 Å². The first kappa shape index (κ1) is 22.3. The Balaban J connectivity index is 2.62. The van der Waals surface area contributed by atoms with Crippen LogP contribution in [-0.4, -0.2) is 82.3 Å². The molecule has 0 aromatic carbocycles. The van der Waals surface area contributed by atoms with Crippen molar-refractivity contribution in [2.75, 3.05) is 13.1 Å². The number of nitrogens with one attached hydrogen (secondary N) is 4. The third-order valence-corrected chi connectivity index (χ3v) is 3.88. The molecule has 27 heavy (non-hydrogen) atoms. The molecular weight excluding hydrogens is 364 g/mol. The lowest BCUT2D eigenvalue weighted by molar-refractivity contribution is -0.145. The second-order valence-electron chi connectivity index (χ2n) is 6.15. The molecule has 4 atom stereocenters. The highest BCUT2D eigenvalue weighted by molar-refractivity contribution is 5.94. The maximum Gasteiger partial charge on any atom is 0.328 e. The largest absolute Gasteiger partial charge is 0.481 e. The fourth-order valence-corrected chi connectivity index (χ4v) is 2.47. The van der Waals surface area contributed by atoms with Gasteiger partial charge in [-0.2, -0.15) is 0 Å². The Labute approximate surface area is 154 Å². The van der Waals surface area contributed by atoms with Crippen molar-refractivity contribution in [3.05, 3.63) is 0 Å². The van der Waals surface area contributed by atoms with Gasteiger partial charge in [-0.15, -0.1) is 0 Å². The Morgan fingerprint density at radius 3 is 2.30 bits per heavy atom. The lowest BCUT2D eigenvalue weighted by Gasteiger charge is -2.22. The first-order valence-corrected chi connectivity index (χ1v) is 8.35. The van der Waals surface area contributed by atoms with Crippen LogP contribution >= 0.6 is 0 Å². The Morgan fingerprint density at radius 2 is 1.81 bits per heavy atom. The van der Waals surface area contributed by atoms with Crippen LogP contribution in [0.4, 0.5) is 0 Å². The zero-order valence-corrected chi connectivity index (χ0v) is 14.7. The van der Waals surface area contributed by atoms with Crippen LogP contribution in [0.3, 0.4) is 0 Å². The molecule has 4 unspecified atom stereocenters. The highest BCUT2D eigenvalue weighted by Crippen LogP contribution is 2.04. The van der Waals surface area contributed by atoms with E-state index in [0.717, 1.165) is 13.3 Å². The molecule has 1 aliphatic rings. The molecule has 0 aliphatic carbocycles. The summed E-state index contributed by atoms with van der Waals surface area (Å²) in [6.07, 6.45) is -0.778. The zero-order valence-electron chi connectivity index (χ0n) is 14.7. The molecule has 0 bridgehead atoms.